The van der Waals surface area contributed by atoms with Crippen LogP contribution in [0.4, 0.5) is 0 Å². The Hall–Kier alpha value is -0.770. The highest BCUT2D eigenvalue weighted by molar-refractivity contribution is 9.10. The predicted octanol–water partition coefficient (Wildman–Crippen LogP) is 1.01. The lowest BCUT2D eigenvalue weighted by Gasteiger charge is -2.30. The van der Waals surface area contributed by atoms with Crippen LogP contribution in [-0.2, 0) is 14.6 Å². The monoisotopic (exact) mass is 393 g/mol. The third kappa shape index (κ3) is 3.42. The fourth-order valence-corrected chi connectivity index (χ4v) is 3.80. The zero-order chi connectivity index (χ0) is 16.5. The fraction of sp³-hybridized carbons (Fsp3) is 0.692. The third-order valence-corrected chi connectivity index (χ3v) is 6.28. The van der Waals surface area contributed by atoms with Crippen molar-refractivity contribution in [2.24, 2.45) is 0 Å². The SMILES string of the molecule is CCS(=O)(=O)C(C)n1cc(Br)nc([C@@H]2OCCNC2C)c1=O. The molecule has 1 aromatic heterocycles. The van der Waals surface area contributed by atoms with Crippen molar-refractivity contribution in [2.75, 3.05) is 18.9 Å². The van der Waals surface area contributed by atoms with Crippen LogP contribution in [0, 0.1) is 0 Å². The number of aromatic nitrogens is 2. The molecule has 0 radical (unpaired) electrons. The van der Waals surface area contributed by atoms with E-state index in [-0.39, 0.29) is 17.5 Å². The van der Waals surface area contributed by atoms with Crippen molar-refractivity contribution >= 4 is 25.8 Å². The van der Waals surface area contributed by atoms with Crippen LogP contribution < -0.4 is 10.9 Å². The number of ether oxygens (including phenoxy) is 1. The summed E-state index contributed by atoms with van der Waals surface area (Å²) in [6, 6.07) is -0.0743. The second-order valence-corrected chi connectivity index (χ2v) is 8.64. The van der Waals surface area contributed by atoms with Crippen LogP contribution in [0.1, 0.15) is 37.9 Å². The molecule has 22 heavy (non-hydrogen) atoms. The van der Waals surface area contributed by atoms with E-state index in [9.17, 15) is 13.2 Å². The molecule has 3 atom stereocenters. The number of hydrogen-bond acceptors (Lipinski definition) is 6. The number of hydrogen-bond donors (Lipinski definition) is 1. The summed E-state index contributed by atoms with van der Waals surface area (Å²) in [5, 5.41) is 2.27. The van der Waals surface area contributed by atoms with Crippen LogP contribution in [0.5, 0.6) is 0 Å². The molecule has 124 valence electrons. The van der Waals surface area contributed by atoms with Gasteiger partial charge in [0.1, 0.15) is 21.8 Å². The summed E-state index contributed by atoms with van der Waals surface area (Å²) in [4.78, 5) is 16.9. The molecule has 0 amide bonds. The van der Waals surface area contributed by atoms with Gasteiger partial charge in [-0.15, -0.1) is 0 Å². The molecule has 2 rings (SSSR count). The van der Waals surface area contributed by atoms with Gasteiger partial charge in [-0.05, 0) is 29.8 Å². The van der Waals surface area contributed by atoms with Gasteiger partial charge in [0.05, 0.1) is 6.61 Å². The van der Waals surface area contributed by atoms with E-state index < -0.39 is 26.9 Å². The van der Waals surface area contributed by atoms with Crippen LogP contribution in [0.15, 0.2) is 15.6 Å². The summed E-state index contributed by atoms with van der Waals surface area (Å²) in [7, 11) is -3.39. The van der Waals surface area contributed by atoms with E-state index in [1.807, 2.05) is 6.92 Å². The second kappa shape index (κ2) is 6.77. The van der Waals surface area contributed by atoms with Crippen LogP contribution in [0.25, 0.3) is 0 Å². The van der Waals surface area contributed by atoms with E-state index >= 15 is 0 Å². The lowest BCUT2D eigenvalue weighted by atomic mass is 10.1. The van der Waals surface area contributed by atoms with Gasteiger partial charge >= 0.3 is 0 Å². The Bertz CT molecular complexity index is 704. The summed E-state index contributed by atoms with van der Waals surface area (Å²) in [6.07, 6.45) is 0.909. The second-order valence-electron chi connectivity index (χ2n) is 5.25. The highest BCUT2D eigenvalue weighted by atomic mass is 79.9. The molecule has 9 heteroatoms. The van der Waals surface area contributed by atoms with E-state index in [1.165, 1.54) is 17.7 Å². The molecule has 2 heterocycles. The van der Waals surface area contributed by atoms with E-state index in [2.05, 4.69) is 26.2 Å². The van der Waals surface area contributed by atoms with E-state index in [0.717, 1.165) is 0 Å². The average molecular weight is 394 g/mol. The zero-order valence-electron chi connectivity index (χ0n) is 12.7. The number of halogens is 1. The molecule has 0 spiro atoms. The van der Waals surface area contributed by atoms with Gasteiger partial charge in [-0.1, -0.05) is 6.92 Å². The minimum Gasteiger partial charge on any atom is -0.369 e. The molecular formula is C13H20BrN3O4S. The maximum atomic E-state index is 12.7. The lowest BCUT2D eigenvalue weighted by Crippen LogP contribution is -2.45. The molecule has 1 aliphatic rings. The number of rotatable bonds is 4. The molecule has 1 saturated heterocycles. The summed E-state index contributed by atoms with van der Waals surface area (Å²) in [5.41, 5.74) is -0.222. The van der Waals surface area contributed by atoms with Crippen molar-refractivity contribution in [3.05, 3.63) is 26.8 Å². The Morgan fingerprint density at radius 1 is 1.59 bits per heavy atom. The Morgan fingerprint density at radius 2 is 2.27 bits per heavy atom. The minimum atomic E-state index is -3.39. The molecule has 0 aliphatic carbocycles. The summed E-state index contributed by atoms with van der Waals surface area (Å²) in [6.45, 7) is 6.15. The molecule has 0 saturated carbocycles. The molecule has 1 aliphatic heterocycles. The minimum absolute atomic E-state index is 0.0340. The van der Waals surface area contributed by atoms with Crippen LogP contribution in [0.2, 0.25) is 0 Å². The molecule has 1 fully saturated rings. The zero-order valence-corrected chi connectivity index (χ0v) is 15.1. The summed E-state index contributed by atoms with van der Waals surface area (Å²) < 4.78 is 31.4. The fourth-order valence-electron chi connectivity index (χ4n) is 2.41. The quantitative estimate of drug-likeness (QED) is 0.820. The first-order valence-corrected chi connectivity index (χ1v) is 9.64. The van der Waals surface area contributed by atoms with Crippen LogP contribution >= 0.6 is 15.9 Å². The number of sulfone groups is 1. The van der Waals surface area contributed by atoms with Gasteiger partial charge < -0.3 is 10.1 Å². The van der Waals surface area contributed by atoms with Gasteiger partial charge in [0, 0.05) is 24.5 Å². The van der Waals surface area contributed by atoms with Crippen LogP contribution in [-0.4, -0.2) is 42.9 Å². The number of morpholine rings is 1. The van der Waals surface area contributed by atoms with Gasteiger partial charge in [0.2, 0.25) is 0 Å². The maximum absolute atomic E-state index is 12.7. The Labute approximate surface area is 138 Å². The highest BCUT2D eigenvalue weighted by Crippen LogP contribution is 2.22. The average Bonchev–Trinajstić information content (AvgIpc) is 2.49. The van der Waals surface area contributed by atoms with Crippen molar-refractivity contribution in [1.29, 1.82) is 0 Å². The van der Waals surface area contributed by atoms with Crippen molar-refractivity contribution < 1.29 is 13.2 Å². The van der Waals surface area contributed by atoms with Crippen molar-refractivity contribution in [3.8, 4) is 0 Å². The number of nitrogens with one attached hydrogen (secondary N) is 1. The smallest absolute Gasteiger partial charge is 0.276 e. The van der Waals surface area contributed by atoms with Crippen LogP contribution in [0.3, 0.4) is 0 Å². The molecular weight excluding hydrogens is 374 g/mol. The van der Waals surface area contributed by atoms with Gasteiger partial charge in [-0.2, -0.15) is 0 Å². The Kier molecular flexibility index (Phi) is 5.41. The molecule has 2 unspecified atom stereocenters. The third-order valence-electron chi connectivity index (χ3n) is 3.83. The topological polar surface area (TPSA) is 90.3 Å². The predicted molar refractivity (Wildman–Crippen MR) is 86.5 cm³/mol. The van der Waals surface area contributed by atoms with E-state index in [1.54, 1.807) is 6.92 Å². The summed E-state index contributed by atoms with van der Waals surface area (Å²) in [5.74, 6) is -0.0340. The van der Waals surface area contributed by atoms with E-state index in [4.69, 9.17) is 4.74 Å². The van der Waals surface area contributed by atoms with Crippen molar-refractivity contribution in [2.45, 2.75) is 38.3 Å². The first-order valence-electron chi connectivity index (χ1n) is 7.13. The maximum Gasteiger partial charge on any atom is 0.276 e. The first-order chi connectivity index (χ1) is 10.3. The van der Waals surface area contributed by atoms with Gasteiger partial charge in [0.25, 0.3) is 5.56 Å². The standard InChI is InChI=1S/C13H20BrN3O4S/c1-4-22(19,20)9(3)17-7-10(14)16-11(13(17)18)12-8(2)15-5-6-21-12/h7-9,12,15H,4-6H2,1-3H3/t8?,9?,12-/m1/s1. The molecule has 0 bridgehead atoms. The van der Waals surface area contributed by atoms with E-state index in [0.29, 0.717) is 17.8 Å². The van der Waals surface area contributed by atoms with Gasteiger partial charge in [0.15, 0.2) is 9.84 Å². The molecule has 1 N–H and O–H groups in total. The first kappa shape index (κ1) is 17.6. The van der Waals surface area contributed by atoms with Crippen molar-refractivity contribution in [3.63, 3.8) is 0 Å². The number of nitrogens with zero attached hydrogens (tertiary/aromatic N) is 2. The van der Waals surface area contributed by atoms with Gasteiger partial charge in [-0.25, -0.2) is 13.4 Å². The highest BCUT2D eigenvalue weighted by Gasteiger charge is 2.30. The molecule has 0 aromatic carbocycles. The lowest BCUT2D eigenvalue weighted by molar-refractivity contribution is -0.00413. The molecule has 1 aromatic rings. The van der Waals surface area contributed by atoms with Crippen molar-refractivity contribution in [1.82, 2.24) is 14.9 Å². The normalized spacial score (nSPS) is 24.2. The largest absolute Gasteiger partial charge is 0.369 e. The Morgan fingerprint density at radius 3 is 2.86 bits per heavy atom. The molecule has 7 nitrogen and oxygen atoms in total. The summed E-state index contributed by atoms with van der Waals surface area (Å²) >= 11 is 3.25. The Balaban J connectivity index is 2.52. The van der Waals surface area contributed by atoms with Gasteiger partial charge in [-0.3, -0.25) is 9.36 Å².